The number of rotatable bonds is 7. The van der Waals surface area contributed by atoms with Gasteiger partial charge in [0.2, 0.25) is 5.91 Å². The van der Waals surface area contributed by atoms with Crippen LogP contribution in [0.4, 0.5) is 0 Å². The number of benzene rings is 2. The molecule has 3 atom stereocenters. The summed E-state index contributed by atoms with van der Waals surface area (Å²) in [6, 6.07) is 17.2. The van der Waals surface area contributed by atoms with Crippen LogP contribution in [0.2, 0.25) is 0 Å². The number of aromatic nitrogens is 1. The second-order valence-corrected chi connectivity index (χ2v) is 8.86. The van der Waals surface area contributed by atoms with Crippen molar-refractivity contribution >= 4 is 11.9 Å². The highest BCUT2D eigenvalue weighted by atomic mass is 16.5. The van der Waals surface area contributed by atoms with E-state index in [0.29, 0.717) is 12.2 Å². The molecule has 0 saturated carbocycles. The number of aryl methyl sites for hydroxylation is 1. The van der Waals surface area contributed by atoms with Gasteiger partial charge < -0.3 is 18.9 Å². The predicted molar refractivity (Wildman–Crippen MR) is 133 cm³/mol. The first-order valence-electron chi connectivity index (χ1n) is 11.7. The van der Waals surface area contributed by atoms with E-state index in [1.807, 2.05) is 56.3 Å². The average Bonchev–Trinajstić information content (AvgIpc) is 3.16. The highest BCUT2D eigenvalue weighted by molar-refractivity contribution is 5.85. The van der Waals surface area contributed by atoms with Crippen LogP contribution in [0.5, 0.6) is 5.75 Å². The maximum atomic E-state index is 13.7. The fraction of sp³-hybridized carbons (Fsp3) is 0.321. The number of likely N-dealkylation sites (tertiary alicyclic amines) is 1. The zero-order chi connectivity index (χ0) is 25.1. The summed E-state index contributed by atoms with van der Waals surface area (Å²) in [4.78, 5) is 40.3. The van der Waals surface area contributed by atoms with E-state index in [9.17, 15) is 14.4 Å². The van der Waals surface area contributed by atoms with Gasteiger partial charge in [-0.25, -0.2) is 0 Å². The quantitative estimate of drug-likeness (QED) is 0.477. The van der Waals surface area contributed by atoms with Crippen LogP contribution in [-0.4, -0.2) is 41.6 Å². The van der Waals surface area contributed by atoms with Gasteiger partial charge in [0.15, 0.2) is 0 Å². The van der Waals surface area contributed by atoms with Crippen molar-refractivity contribution in [2.45, 2.75) is 44.8 Å². The van der Waals surface area contributed by atoms with Gasteiger partial charge in [-0.1, -0.05) is 36.4 Å². The number of methoxy groups -OCH3 is 2. The first-order chi connectivity index (χ1) is 16.8. The van der Waals surface area contributed by atoms with Gasteiger partial charge in [0.1, 0.15) is 11.8 Å². The van der Waals surface area contributed by atoms with Crippen LogP contribution >= 0.6 is 0 Å². The minimum atomic E-state index is -0.618. The van der Waals surface area contributed by atoms with Crippen LogP contribution in [0.15, 0.2) is 71.7 Å². The molecule has 3 unspecified atom stereocenters. The molecule has 0 spiro atoms. The minimum absolute atomic E-state index is 0.00251. The Morgan fingerprint density at radius 2 is 1.77 bits per heavy atom. The molecular weight excluding hydrogens is 444 g/mol. The smallest absolute Gasteiger partial charge is 0.307 e. The van der Waals surface area contributed by atoms with Crippen molar-refractivity contribution in [1.29, 1.82) is 0 Å². The van der Waals surface area contributed by atoms with Crippen molar-refractivity contribution in [3.63, 3.8) is 0 Å². The van der Waals surface area contributed by atoms with Crippen molar-refractivity contribution in [3.8, 4) is 16.9 Å². The van der Waals surface area contributed by atoms with Gasteiger partial charge in [0.25, 0.3) is 5.56 Å². The summed E-state index contributed by atoms with van der Waals surface area (Å²) in [6.07, 6.45) is 2.11. The summed E-state index contributed by atoms with van der Waals surface area (Å²) in [7, 11) is 2.96. The third kappa shape index (κ3) is 4.71. The van der Waals surface area contributed by atoms with E-state index in [1.165, 1.54) is 17.7 Å². The van der Waals surface area contributed by atoms with E-state index in [1.54, 1.807) is 30.3 Å². The largest absolute Gasteiger partial charge is 0.496 e. The Morgan fingerprint density at radius 1 is 1.03 bits per heavy atom. The lowest BCUT2D eigenvalue weighted by atomic mass is 9.93. The van der Waals surface area contributed by atoms with E-state index in [2.05, 4.69) is 0 Å². The summed E-state index contributed by atoms with van der Waals surface area (Å²) in [5, 5.41) is 0. The molecule has 1 amide bonds. The maximum absolute atomic E-state index is 13.7. The third-order valence-electron chi connectivity index (χ3n) is 6.73. The molecular formula is C28H30N2O5. The van der Waals surface area contributed by atoms with Crippen LogP contribution < -0.4 is 10.3 Å². The molecule has 7 heteroatoms. The molecule has 0 N–H and O–H groups in total. The topological polar surface area (TPSA) is 77.8 Å². The molecule has 1 aromatic heterocycles. The summed E-state index contributed by atoms with van der Waals surface area (Å²) >= 11 is 0. The normalized spacial score (nSPS) is 18.4. The van der Waals surface area contributed by atoms with Crippen molar-refractivity contribution in [1.82, 2.24) is 9.47 Å². The molecule has 3 aromatic rings. The maximum Gasteiger partial charge on any atom is 0.307 e. The fourth-order valence-electron chi connectivity index (χ4n) is 4.95. The number of nitrogens with zero attached hydrogens (tertiary/aromatic N) is 2. The lowest BCUT2D eigenvalue weighted by molar-refractivity contribution is -0.144. The SMILES string of the molecule is COC(=O)CC(c1ccc(OC)c(-c2ccccc2C)c1)N1C(=O)C(n2ccccc2=O)CC1C. The molecule has 182 valence electrons. The Hall–Kier alpha value is -3.87. The number of amides is 1. The van der Waals surface area contributed by atoms with E-state index < -0.39 is 18.1 Å². The molecule has 2 heterocycles. The summed E-state index contributed by atoms with van der Waals surface area (Å²) in [5.74, 6) is 0.103. The summed E-state index contributed by atoms with van der Waals surface area (Å²) in [6.45, 7) is 3.98. The minimum Gasteiger partial charge on any atom is -0.496 e. The molecule has 2 aromatic carbocycles. The third-order valence-corrected chi connectivity index (χ3v) is 6.73. The van der Waals surface area contributed by atoms with Crippen LogP contribution in [-0.2, 0) is 14.3 Å². The van der Waals surface area contributed by atoms with Crippen LogP contribution in [0.25, 0.3) is 11.1 Å². The first-order valence-corrected chi connectivity index (χ1v) is 11.7. The molecule has 1 aliphatic heterocycles. The van der Waals surface area contributed by atoms with Crippen molar-refractivity contribution in [2.24, 2.45) is 0 Å². The van der Waals surface area contributed by atoms with Gasteiger partial charge in [0.05, 0.1) is 26.7 Å². The van der Waals surface area contributed by atoms with E-state index in [4.69, 9.17) is 9.47 Å². The highest BCUT2D eigenvalue weighted by Crippen LogP contribution is 2.40. The van der Waals surface area contributed by atoms with Gasteiger partial charge >= 0.3 is 5.97 Å². The molecule has 35 heavy (non-hydrogen) atoms. The molecule has 1 saturated heterocycles. The number of carbonyl (C=O) groups is 2. The molecule has 1 fully saturated rings. The number of hydrogen-bond donors (Lipinski definition) is 0. The van der Waals surface area contributed by atoms with E-state index >= 15 is 0 Å². The molecule has 0 radical (unpaired) electrons. The van der Waals surface area contributed by atoms with Crippen molar-refractivity contribution in [3.05, 3.63) is 88.3 Å². The Kier molecular flexibility index (Phi) is 7.05. The Labute approximate surface area is 204 Å². The molecule has 0 bridgehead atoms. The monoisotopic (exact) mass is 474 g/mol. The Balaban J connectivity index is 1.79. The van der Waals surface area contributed by atoms with Crippen LogP contribution in [0.3, 0.4) is 0 Å². The highest BCUT2D eigenvalue weighted by Gasteiger charge is 2.43. The number of hydrogen-bond acceptors (Lipinski definition) is 5. The van der Waals surface area contributed by atoms with Crippen molar-refractivity contribution in [2.75, 3.05) is 14.2 Å². The average molecular weight is 475 g/mol. The number of ether oxygens (including phenoxy) is 2. The standard InChI is InChI=1S/C28H30N2O5/c1-18-9-5-6-10-21(18)22-16-20(12-13-25(22)34-3)23(17-27(32)35-4)30-19(2)15-24(28(30)33)29-14-8-7-11-26(29)31/h5-14,16,19,23-24H,15,17H2,1-4H3. The van der Waals surface area contributed by atoms with Gasteiger partial charge in [-0.2, -0.15) is 0 Å². The van der Waals surface area contributed by atoms with E-state index in [-0.39, 0.29) is 23.9 Å². The van der Waals surface area contributed by atoms with Crippen LogP contribution in [0.1, 0.15) is 43.0 Å². The van der Waals surface area contributed by atoms with Gasteiger partial charge in [-0.05, 0) is 55.2 Å². The van der Waals surface area contributed by atoms with Gasteiger partial charge in [-0.15, -0.1) is 0 Å². The predicted octanol–water partition coefficient (Wildman–Crippen LogP) is 4.30. The second kappa shape index (κ2) is 10.2. The first kappa shape index (κ1) is 24.3. The van der Waals surface area contributed by atoms with E-state index in [0.717, 1.165) is 22.3 Å². The molecule has 4 rings (SSSR count). The van der Waals surface area contributed by atoms with Crippen molar-refractivity contribution < 1.29 is 19.1 Å². The lowest BCUT2D eigenvalue weighted by Crippen LogP contribution is -2.38. The fourth-order valence-corrected chi connectivity index (χ4v) is 4.95. The number of carbonyl (C=O) groups excluding carboxylic acids is 2. The van der Waals surface area contributed by atoms with Gasteiger partial charge in [-0.3, -0.25) is 14.4 Å². The lowest BCUT2D eigenvalue weighted by Gasteiger charge is -2.32. The Morgan fingerprint density at radius 3 is 2.46 bits per heavy atom. The zero-order valence-corrected chi connectivity index (χ0v) is 20.4. The molecule has 0 aliphatic carbocycles. The number of esters is 1. The molecule has 1 aliphatic rings. The number of pyridine rings is 1. The van der Waals surface area contributed by atoms with Crippen LogP contribution in [0, 0.1) is 6.92 Å². The zero-order valence-electron chi connectivity index (χ0n) is 20.4. The summed E-state index contributed by atoms with van der Waals surface area (Å²) < 4.78 is 12.1. The van der Waals surface area contributed by atoms with Gasteiger partial charge in [0, 0.05) is 23.9 Å². The molecule has 7 nitrogen and oxygen atoms in total. The second-order valence-electron chi connectivity index (χ2n) is 8.86. The summed E-state index contributed by atoms with van der Waals surface area (Å²) in [5.41, 5.74) is 3.55. The Bertz CT molecular complexity index is 1300.